The van der Waals surface area contributed by atoms with E-state index in [2.05, 4.69) is 20.8 Å². The van der Waals surface area contributed by atoms with E-state index in [1.807, 2.05) is 24.3 Å². The van der Waals surface area contributed by atoms with Crippen molar-refractivity contribution in [2.24, 2.45) is 0 Å². The third kappa shape index (κ3) is 4.37. The van der Waals surface area contributed by atoms with Gasteiger partial charge in [0.1, 0.15) is 12.4 Å². The van der Waals surface area contributed by atoms with E-state index >= 15 is 0 Å². The summed E-state index contributed by atoms with van der Waals surface area (Å²) < 4.78 is 5.76. The number of amides is 1. The van der Waals surface area contributed by atoms with E-state index in [1.165, 1.54) is 11.8 Å². The van der Waals surface area contributed by atoms with Gasteiger partial charge in [0.25, 0.3) is 5.91 Å². The molecule has 0 aromatic heterocycles. The van der Waals surface area contributed by atoms with Gasteiger partial charge in [-0.3, -0.25) is 9.59 Å². The monoisotopic (exact) mass is 277 g/mol. The molecule has 4 nitrogen and oxygen atoms in total. The third-order valence-corrected chi connectivity index (χ3v) is 3.03. The molecule has 0 bridgehead atoms. The molecule has 0 fully saturated rings. The van der Waals surface area contributed by atoms with Crippen LogP contribution < -0.4 is 4.74 Å². The van der Waals surface area contributed by atoms with Gasteiger partial charge >= 0.3 is 0 Å². The van der Waals surface area contributed by atoms with E-state index in [1.54, 1.807) is 7.05 Å². The zero-order valence-corrected chi connectivity index (χ0v) is 12.9. The smallest absolute Gasteiger partial charge is 0.289 e. The van der Waals surface area contributed by atoms with Gasteiger partial charge in [-0.05, 0) is 17.0 Å². The number of likely N-dealkylation sites (N-methyl/N-ethyl adjacent to an activating group) is 1. The Morgan fingerprint density at radius 3 is 2.35 bits per heavy atom. The molecule has 1 amide bonds. The molecule has 1 rings (SSSR count). The lowest BCUT2D eigenvalue weighted by Gasteiger charge is -2.23. The molecule has 1 aromatic rings. The summed E-state index contributed by atoms with van der Waals surface area (Å²) in [6.45, 7) is 8.40. The number of ketones is 1. The highest BCUT2D eigenvalue weighted by Crippen LogP contribution is 2.30. The highest BCUT2D eigenvalue weighted by molar-refractivity contribution is 6.34. The Morgan fingerprint density at radius 2 is 1.80 bits per heavy atom. The standard InChI is InChI=1S/C16H23NO3/c1-12(18)15(19)17(5)10-11-20-14-9-7-6-8-13(14)16(2,3)4/h6-9H,10-11H2,1-5H3. The maximum Gasteiger partial charge on any atom is 0.289 e. The van der Waals surface area contributed by atoms with Gasteiger partial charge in [-0.25, -0.2) is 0 Å². The number of para-hydroxylation sites is 1. The van der Waals surface area contributed by atoms with Crippen molar-refractivity contribution in [2.45, 2.75) is 33.1 Å². The quantitative estimate of drug-likeness (QED) is 0.776. The molecular weight excluding hydrogens is 254 g/mol. The first-order chi connectivity index (χ1) is 9.23. The highest BCUT2D eigenvalue weighted by Gasteiger charge is 2.19. The molecule has 0 aliphatic heterocycles. The summed E-state index contributed by atoms with van der Waals surface area (Å²) in [7, 11) is 1.60. The van der Waals surface area contributed by atoms with Crippen molar-refractivity contribution in [3.05, 3.63) is 29.8 Å². The van der Waals surface area contributed by atoms with Crippen LogP contribution in [-0.4, -0.2) is 36.8 Å². The Morgan fingerprint density at radius 1 is 1.20 bits per heavy atom. The van der Waals surface area contributed by atoms with Gasteiger partial charge in [0, 0.05) is 14.0 Å². The van der Waals surface area contributed by atoms with Crippen LogP contribution in [-0.2, 0) is 15.0 Å². The fraction of sp³-hybridized carbons (Fsp3) is 0.500. The molecule has 4 heteroatoms. The highest BCUT2D eigenvalue weighted by atomic mass is 16.5. The van der Waals surface area contributed by atoms with E-state index in [0.717, 1.165) is 11.3 Å². The second-order valence-corrected chi connectivity index (χ2v) is 5.88. The van der Waals surface area contributed by atoms with Crippen LogP contribution in [0.15, 0.2) is 24.3 Å². The van der Waals surface area contributed by atoms with Gasteiger partial charge in [-0.15, -0.1) is 0 Å². The fourth-order valence-corrected chi connectivity index (χ4v) is 1.87. The molecule has 0 saturated carbocycles. The number of carbonyl (C=O) groups excluding carboxylic acids is 2. The molecule has 20 heavy (non-hydrogen) atoms. The number of nitrogens with zero attached hydrogens (tertiary/aromatic N) is 1. The van der Waals surface area contributed by atoms with Crippen LogP contribution in [0.2, 0.25) is 0 Å². The molecule has 0 atom stereocenters. The molecular formula is C16H23NO3. The molecule has 0 aliphatic rings. The Bertz CT molecular complexity index is 489. The number of ether oxygens (including phenoxy) is 1. The summed E-state index contributed by atoms with van der Waals surface area (Å²) in [5, 5.41) is 0. The molecule has 0 N–H and O–H groups in total. The normalized spacial score (nSPS) is 11.1. The minimum atomic E-state index is -0.488. The zero-order chi connectivity index (χ0) is 15.3. The van der Waals surface area contributed by atoms with Crippen LogP contribution in [0.1, 0.15) is 33.3 Å². The SMILES string of the molecule is CC(=O)C(=O)N(C)CCOc1ccccc1C(C)(C)C. The number of carbonyl (C=O) groups is 2. The predicted molar refractivity (Wildman–Crippen MR) is 79.0 cm³/mol. The van der Waals surface area contributed by atoms with Crippen molar-refractivity contribution in [3.8, 4) is 5.75 Å². The van der Waals surface area contributed by atoms with Gasteiger partial charge in [0.15, 0.2) is 0 Å². The van der Waals surface area contributed by atoms with Crippen molar-refractivity contribution in [2.75, 3.05) is 20.2 Å². The van der Waals surface area contributed by atoms with Gasteiger partial charge in [-0.1, -0.05) is 39.0 Å². The van der Waals surface area contributed by atoms with Crippen LogP contribution in [0.5, 0.6) is 5.75 Å². The average molecular weight is 277 g/mol. The number of Topliss-reactive ketones (excluding diaryl/α,β-unsaturated/α-hetero) is 1. The predicted octanol–water partition coefficient (Wildman–Crippen LogP) is 2.41. The number of benzene rings is 1. The van der Waals surface area contributed by atoms with E-state index < -0.39 is 11.7 Å². The number of hydrogen-bond donors (Lipinski definition) is 0. The second kappa shape index (κ2) is 6.55. The fourth-order valence-electron chi connectivity index (χ4n) is 1.87. The van der Waals surface area contributed by atoms with Gasteiger partial charge in [0.05, 0.1) is 6.54 Å². The van der Waals surface area contributed by atoms with E-state index in [9.17, 15) is 9.59 Å². The van der Waals surface area contributed by atoms with E-state index in [-0.39, 0.29) is 5.41 Å². The molecule has 110 valence electrons. The van der Waals surface area contributed by atoms with E-state index in [0.29, 0.717) is 13.2 Å². The number of rotatable bonds is 5. The van der Waals surface area contributed by atoms with Crippen LogP contribution in [0.3, 0.4) is 0 Å². The van der Waals surface area contributed by atoms with Crippen molar-refractivity contribution < 1.29 is 14.3 Å². The summed E-state index contributed by atoms with van der Waals surface area (Å²) >= 11 is 0. The van der Waals surface area contributed by atoms with Gasteiger partial charge in [-0.2, -0.15) is 0 Å². The first kappa shape index (κ1) is 16.2. The molecule has 0 unspecified atom stereocenters. The Hall–Kier alpha value is -1.84. The molecule has 0 aliphatic carbocycles. The second-order valence-electron chi connectivity index (χ2n) is 5.88. The molecule has 0 heterocycles. The summed E-state index contributed by atoms with van der Waals surface area (Å²) in [5.74, 6) is -0.121. The minimum absolute atomic E-state index is 0.00228. The van der Waals surface area contributed by atoms with Crippen LogP contribution in [0.4, 0.5) is 0 Å². The first-order valence-corrected chi connectivity index (χ1v) is 6.72. The number of hydrogen-bond acceptors (Lipinski definition) is 3. The van der Waals surface area contributed by atoms with Crippen molar-refractivity contribution in [3.63, 3.8) is 0 Å². The average Bonchev–Trinajstić information content (AvgIpc) is 2.37. The molecule has 0 saturated heterocycles. The van der Waals surface area contributed by atoms with E-state index in [4.69, 9.17) is 4.74 Å². The Labute approximate surface area is 120 Å². The topological polar surface area (TPSA) is 46.6 Å². The lowest BCUT2D eigenvalue weighted by molar-refractivity contribution is -0.142. The Kier molecular flexibility index (Phi) is 5.31. The first-order valence-electron chi connectivity index (χ1n) is 6.72. The maximum atomic E-state index is 11.4. The summed E-state index contributed by atoms with van der Waals surface area (Å²) in [6, 6.07) is 7.88. The summed E-state index contributed by atoms with van der Waals surface area (Å²) in [6.07, 6.45) is 0. The van der Waals surface area contributed by atoms with Gasteiger partial charge in [0.2, 0.25) is 5.78 Å². The Balaban J connectivity index is 2.63. The summed E-state index contributed by atoms with van der Waals surface area (Å²) in [4.78, 5) is 23.8. The molecule has 0 spiro atoms. The van der Waals surface area contributed by atoms with Gasteiger partial charge < -0.3 is 9.64 Å². The molecule has 1 aromatic carbocycles. The van der Waals surface area contributed by atoms with Crippen LogP contribution in [0, 0.1) is 0 Å². The van der Waals surface area contributed by atoms with Crippen LogP contribution >= 0.6 is 0 Å². The zero-order valence-electron chi connectivity index (χ0n) is 12.9. The minimum Gasteiger partial charge on any atom is -0.491 e. The third-order valence-electron chi connectivity index (χ3n) is 3.03. The maximum absolute atomic E-state index is 11.4. The summed E-state index contributed by atoms with van der Waals surface area (Å²) in [5.41, 5.74) is 1.12. The van der Waals surface area contributed by atoms with Crippen molar-refractivity contribution >= 4 is 11.7 Å². The van der Waals surface area contributed by atoms with Crippen LogP contribution in [0.25, 0.3) is 0 Å². The lowest BCUT2D eigenvalue weighted by atomic mass is 9.86. The lowest BCUT2D eigenvalue weighted by Crippen LogP contribution is -2.35. The molecule has 0 radical (unpaired) electrons. The van der Waals surface area contributed by atoms with Crippen molar-refractivity contribution in [1.29, 1.82) is 0 Å². The van der Waals surface area contributed by atoms with Crippen molar-refractivity contribution in [1.82, 2.24) is 4.90 Å². The largest absolute Gasteiger partial charge is 0.491 e.